The van der Waals surface area contributed by atoms with Crippen molar-refractivity contribution >= 4 is 15.9 Å². The summed E-state index contributed by atoms with van der Waals surface area (Å²) in [4.78, 5) is 17.5. The van der Waals surface area contributed by atoms with Crippen molar-refractivity contribution in [2.75, 3.05) is 0 Å². The number of benzene rings is 2. The first-order chi connectivity index (χ1) is 14.8. The maximum atomic E-state index is 13.3. The average Bonchev–Trinajstić information content (AvgIpc) is 3.16. The molecule has 158 valence electrons. The zero-order valence-corrected chi connectivity index (χ0v) is 19.2. The third kappa shape index (κ3) is 4.54. The van der Waals surface area contributed by atoms with E-state index < -0.39 is 0 Å². The maximum absolute atomic E-state index is 13.3. The highest BCUT2D eigenvalue weighted by molar-refractivity contribution is 9.10. The number of aromatic nitrogens is 3. The van der Waals surface area contributed by atoms with E-state index in [0.29, 0.717) is 12.0 Å². The molecule has 0 aliphatic carbocycles. The molecule has 2 aromatic carbocycles. The van der Waals surface area contributed by atoms with E-state index in [1.165, 1.54) is 12.1 Å². The molecule has 4 nitrogen and oxygen atoms in total. The smallest absolute Gasteiger partial charge is 0.254 e. The summed E-state index contributed by atoms with van der Waals surface area (Å²) in [7, 11) is 0. The minimum Gasteiger partial charge on any atom is -0.307 e. The molecule has 0 fully saturated rings. The number of hydrogen-bond donors (Lipinski definition) is 0. The van der Waals surface area contributed by atoms with Crippen LogP contribution in [0.25, 0.3) is 5.69 Å². The maximum Gasteiger partial charge on any atom is 0.254 e. The van der Waals surface area contributed by atoms with E-state index in [9.17, 15) is 9.18 Å². The lowest BCUT2D eigenvalue weighted by Gasteiger charge is -2.18. The molecule has 0 amide bonds. The molecule has 0 radical (unpaired) electrons. The quantitative estimate of drug-likeness (QED) is 0.365. The van der Waals surface area contributed by atoms with Crippen LogP contribution in [0.1, 0.15) is 40.9 Å². The fourth-order valence-corrected chi connectivity index (χ4v) is 4.33. The summed E-state index contributed by atoms with van der Waals surface area (Å²) in [6.45, 7) is 5.96. The first-order valence-electron chi connectivity index (χ1n) is 10.1. The first kappa shape index (κ1) is 21.2. The molecule has 2 aromatic heterocycles. The molecule has 31 heavy (non-hydrogen) atoms. The third-order valence-electron chi connectivity index (χ3n) is 5.50. The minimum atomic E-state index is -0.289. The number of halogens is 2. The Labute approximate surface area is 189 Å². The number of nitrogens with zero attached hydrogens (tertiary/aromatic N) is 3. The molecule has 0 aliphatic rings. The van der Waals surface area contributed by atoms with E-state index in [2.05, 4.69) is 40.0 Å². The van der Waals surface area contributed by atoms with Crippen LogP contribution in [0.4, 0.5) is 4.39 Å². The van der Waals surface area contributed by atoms with Crippen molar-refractivity contribution in [3.05, 3.63) is 116 Å². The van der Waals surface area contributed by atoms with Gasteiger partial charge in [0.1, 0.15) is 5.82 Å². The number of hydrogen-bond acceptors (Lipinski definition) is 2. The van der Waals surface area contributed by atoms with Gasteiger partial charge in [-0.2, -0.15) is 0 Å². The van der Waals surface area contributed by atoms with E-state index in [1.807, 2.05) is 36.7 Å². The van der Waals surface area contributed by atoms with Crippen LogP contribution in [0.3, 0.4) is 0 Å². The van der Waals surface area contributed by atoms with E-state index in [4.69, 9.17) is 0 Å². The SMILES string of the molecule is Cc1cn(-c2ccc(Cc3cc(Br)cn([C@@H](C)c4ccc(F)cc4)c3=O)cc2C)cn1. The van der Waals surface area contributed by atoms with Crippen molar-refractivity contribution in [1.82, 2.24) is 14.1 Å². The molecule has 0 aliphatic heterocycles. The number of pyridine rings is 1. The van der Waals surface area contributed by atoms with Gasteiger partial charge in [0.05, 0.1) is 18.1 Å². The molecule has 6 heteroatoms. The third-order valence-corrected chi connectivity index (χ3v) is 5.93. The normalized spacial score (nSPS) is 12.2. The zero-order chi connectivity index (χ0) is 22.1. The molecule has 0 saturated carbocycles. The summed E-state index contributed by atoms with van der Waals surface area (Å²) in [6, 6.07) is 14.1. The molecule has 1 atom stereocenters. The van der Waals surface area contributed by atoms with Crippen LogP contribution in [-0.2, 0) is 6.42 Å². The lowest BCUT2D eigenvalue weighted by Crippen LogP contribution is -2.26. The predicted octanol–water partition coefficient (Wildman–Crippen LogP) is 5.75. The molecule has 0 bridgehead atoms. The second-order valence-electron chi connectivity index (χ2n) is 7.84. The van der Waals surface area contributed by atoms with Gasteiger partial charge in [-0.05, 0) is 77.7 Å². The summed E-state index contributed by atoms with van der Waals surface area (Å²) in [5, 5.41) is 0. The highest BCUT2D eigenvalue weighted by Gasteiger charge is 2.14. The fraction of sp³-hybridized carbons (Fsp3) is 0.200. The Kier molecular flexibility index (Phi) is 5.92. The Morgan fingerprint density at radius 3 is 2.45 bits per heavy atom. The Balaban J connectivity index is 1.65. The van der Waals surface area contributed by atoms with Crippen LogP contribution in [0.15, 0.2) is 76.5 Å². The van der Waals surface area contributed by atoms with Gasteiger partial charge in [0.2, 0.25) is 0 Å². The standard InChI is InChI=1S/C25H23BrFN3O/c1-16-10-19(4-9-24(16)29-13-17(2)28-15-29)11-21-12-22(26)14-30(25(21)31)18(3)20-5-7-23(27)8-6-20/h4-10,12-15,18H,11H2,1-3H3/t18-/m0/s1. The molecule has 0 spiro atoms. The summed E-state index contributed by atoms with van der Waals surface area (Å²) >= 11 is 3.54. The highest BCUT2D eigenvalue weighted by atomic mass is 79.9. The Hall–Kier alpha value is -2.99. The molecule has 0 saturated heterocycles. The molecule has 0 N–H and O–H groups in total. The van der Waals surface area contributed by atoms with Crippen LogP contribution in [-0.4, -0.2) is 14.1 Å². The van der Waals surface area contributed by atoms with Crippen molar-refractivity contribution in [3.8, 4) is 5.69 Å². The molecular weight excluding hydrogens is 457 g/mol. The number of rotatable bonds is 5. The topological polar surface area (TPSA) is 39.8 Å². The van der Waals surface area contributed by atoms with Crippen molar-refractivity contribution in [2.45, 2.75) is 33.2 Å². The summed E-state index contributed by atoms with van der Waals surface area (Å²) in [5.41, 5.74) is 5.75. The van der Waals surface area contributed by atoms with Crippen molar-refractivity contribution in [2.24, 2.45) is 0 Å². The largest absolute Gasteiger partial charge is 0.307 e. The van der Waals surface area contributed by atoms with E-state index in [-0.39, 0.29) is 17.4 Å². The highest BCUT2D eigenvalue weighted by Crippen LogP contribution is 2.22. The van der Waals surface area contributed by atoms with Crippen molar-refractivity contribution in [3.63, 3.8) is 0 Å². The second kappa shape index (κ2) is 8.63. The molecule has 4 rings (SSSR count). The van der Waals surface area contributed by atoms with E-state index >= 15 is 0 Å². The van der Waals surface area contributed by atoms with Gasteiger partial charge in [0.15, 0.2) is 0 Å². The molecule has 4 aromatic rings. The van der Waals surface area contributed by atoms with Crippen LogP contribution < -0.4 is 5.56 Å². The average molecular weight is 480 g/mol. The van der Waals surface area contributed by atoms with Crippen LogP contribution >= 0.6 is 15.9 Å². The van der Waals surface area contributed by atoms with Gasteiger partial charge < -0.3 is 9.13 Å². The van der Waals surface area contributed by atoms with Crippen LogP contribution in [0.2, 0.25) is 0 Å². The summed E-state index contributed by atoms with van der Waals surface area (Å²) in [6.07, 6.45) is 6.11. The predicted molar refractivity (Wildman–Crippen MR) is 124 cm³/mol. The minimum absolute atomic E-state index is 0.0491. The van der Waals surface area contributed by atoms with Crippen molar-refractivity contribution in [1.29, 1.82) is 0 Å². The summed E-state index contributed by atoms with van der Waals surface area (Å²) < 4.78 is 17.8. The van der Waals surface area contributed by atoms with Gasteiger partial charge in [-0.15, -0.1) is 0 Å². The first-order valence-corrected chi connectivity index (χ1v) is 10.9. The van der Waals surface area contributed by atoms with Crippen LogP contribution in [0, 0.1) is 19.7 Å². The van der Waals surface area contributed by atoms with Gasteiger partial charge in [0, 0.05) is 34.5 Å². The fourth-order valence-electron chi connectivity index (χ4n) is 3.83. The monoisotopic (exact) mass is 479 g/mol. The van der Waals surface area contributed by atoms with E-state index in [0.717, 1.165) is 32.5 Å². The van der Waals surface area contributed by atoms with Gasteiger partial charge in [-0.3, -0.25) is 4.79 Å². The summed E-state index contributed by atoms with van der Waals surface area (Å²) in [5.74, 6) is -0.289. The molecular formula is C25H23BrFN3O. The Bertz CT molecular complexity index is 1290. The van der Waals surface area contributed by atoms with E-state index in [1.54, 1.807) is 29.2 Å². The number of imidazole rings is 1. The van der Waals surface area contributed by atoms with Crippen LogP contribution in [0.5, 0.6) is 0 Å². The number of aryl methyl sites for hydroxylation is 2. The van der Waals surface area contributed by atoms with Gasteiger partial charge >= 0.3 is 0 Å². The van der Waals surface area contributed by atoms with Crippen molar-refractivity contribution < 1.29 is 4.39 Å². The van der Waals surface area contributed by atoms with Gasteiger partial charge in [-0.25, -0.2) is 9.37 Å². The Morgan fingerprint density at radius 2 is 1.81 bits per heavy atom. The van der Waals surface area contributed by atoms with Gasteiger partial charge in [0.25, 0.3) is 5.56 Å². The second-order valence-corrected chi connectivity index (χ2v) is 8.76. The zero-order valence-electron chi connectivity index (χ0n) is 17.6. The molecule has 0 unspecified atom stereocenters. The lowest BCUT2D eigenvalue weighted by atomic mass is 10.0. The molecule has 2 heterocycles. The lowest BCUT2D eigenvalue weighted by molar-refractivity contribution is 0.599. The van der Waals surface area contributed by atoms with Gasteiger partial charge in [-0.1, -0.05) is 24.3 Å². The Morgan fingerprint density at radius 1 is 1.06 bits per heavy atom.